The Morgan fingerprint density at radius 1 is 0.272 bits per heavy atom. The molecular formula is C75H122O6. The number of rotatable bonds is 59. The number of hydrogen-bond acceptors (Lipinski definition) is 6. The predicted molar refractivity (Wildman–Crippen MR) is 352 cm³/mol. The largest absolute Gasteiger partial charge is 0.462 e. The van der Waals surface area contributed by atoms with Crippen molar-refractivity contribution < 1.29 is 28.6 Å². The van der Waals surface area contributed by atoms with E-state index in [-0.39, 0.29) is 31.6 Å². The first-order valence-electron chi connectivity index (χ1n) is 33.3. The molecule has 0 fully saturated rings. The van der Waals surface area contributed by atoms with Crippen molar-refractivity contribution in [3.05, 3.63) is 146 Å². The normalized spacial score (nSPS) is 13.1. The van der Waals surface area contributed by atoms with E-state index in [9.17, 15) is 14.4 Å². The Morgan fingerprint density at radius 3 is 0.815 bits per heavy atom. The Hall–Kier alpha value is -4.71. The van der Waals surface area contributed by atoms with Crippen LogP contribution >= 0.6 is 0 Å². The van der Waals surface area contributed by atoms with Crippen LogP contribution in [-0.4, -0.2) is 37.2 Å². The van der Waals surface area contributed by atoms with E-state index in [4.69, 9.17) is 14.2 Å². The van der Waals surface area contributed by atoms with Crippen LogP contribution in [0.5, 0.6) is 0 Å². The molecule has 0 rings (SSSR count). The summed E-state index contributed by atoms with van der Waals surface area (Å²) in [5, 5.41) is 0. The first-order chi connectivity index (χ1) is 40.0. The smallest absolute Gasteiger partial charge is 0.310 e. The minimum atomic E-state index is -0.837. The van der Waals surface area contributed by atoms with Crippen LogP contribution in [0.15, 0.2) is 146 Å². The van der Waals surface area contributed by atoms with Crippen LogP contribution in [0, 0.1) is 0 Å². The zero-order valence-corrected chi connectivity index (χ0v) is 52.5. The second kappa shape index (κ2) is 67.8. The van der Waals surface area contributed by atoms with Crippen LogP contribution < -0.4 is 0 Å². The van der Waals surface area contributed by atoms with Crippen molar-refractivity contribution in [2.24, 2.45) is 0 Å². The monoisotopic (exact) mass is 1120 g/mol. The average molecular weight is 1120 g/mol. The number of carbonyl (C=O) groups is 3. The van der Waals surface area contributed by atoms with Crippen LogP contribution in [0.1, 0.15) is 290 Å². The highest BCUT2D eigenvalue weighted by Crippen LogP contribution is 2.16. The molecule has 0 saturated heterocycles. The van der Waals surface area contributed by atoms with E-state index in [1.807, 2.05) is 6.08 Å². The Morgan fingerprint density at radius 2 is 0.519 bits per heavy atom. The van der Waals surface area contributed by atoms with E-state index in [2.05, 4.69) is 154 Å². The summed E-state index contributed by atoms with van der Waals surface area (Å²) in [4.78, 5) is 38.2. The number of hydrogen-bond donors (Lipinski definition) is 0. The molecule has 0 aromatic heterocycles. The van der Waals surface area contributed by atoms with E-state index in [0.29, 0.717) is 12.8 Å². The molecule has 1 unspecified atom stereocenters. The average Bonchev–Trinajstić information content (AvgIpc) is 3.47. The van der Waals surface area contributed by atoms with Gasteiger partial charge in [-0.05, 0) is 103 Å². The Bertz CT molecular complexity index is 1760. The molecule has 0 amide bonds. The number of allylic oxidation sites excluding steroid dienone is 23. The van der Waals surface area contributed by atoms with Crippen LogP contribution in [0.2, 0.25) is 0 Å². The summed E-state index contributed by atoms with van der Waals surface area (Å²) in [6, 6.07) is 0. The molecule has 0 N–H and O–H groups in total. The molecule has 1 atom stereocenters. The molecule has 0 saturated carbocycles. The number of ether oxygens (including phenoxy) is 3. The van der Waals surface area contributed by atoms with Crippen LogP contribution in [0.4, 0.5) is 0 Å². The van der Waals surface area contributed by atoms with Gasteiger partial charge in [-0.15, -0.1) is 0 Å². The molecule has 6 nitrogen and oxygen atoms in total. The molecule has 0 aromatic rings. The van der Waals surface area contributed by atoms with Gasteiger partial charge in [-0.2, -0.15) is 0 Å². The summed E-state index contributed by atoms with van der Waals surface area (Å²) >= 11 is 0. The van der Waals surface area contributed by atoms with Gasteiger partial charge in [0.05, 0.1) is 6.42 Å². The lowest BCUT2D eigenvalue weighted by atomic mass is 10.0. The zero-order valence-electron chi connectivity index (χ0n) is 52.5. The van der Waals surface area contributed by atoms with Gasteiger partial charge in [0.25, 0.3) is 0 Å². The van der Waals surface area contributed by atoms with Crippen molar-refractivity contribution in [2.75, 3.05) is 13.2 Å². The van der Waals surface area contributed by atoms with E-state index >= 15 is 0 Å². The van der Waals surface area contributed by atoms with Gasteiger partial charge in [0.15, 0.2) is 6.10 Å². The van der Waals surface area contributed by atoms with E-state index in [1.165, 1.54) is 135 Å². The first kappa shape index (κ1) is 76.3. The molecule has 6 heteroatoms. The zero-order chi connectivity index (χ0) is 58.5. The van der Waals surface area contributed by atoms with Crippen molar-refractivity contribution in [1.29, 1.82) is 0 Å². The molecule has 0 aliphatic carbocycles. The maximum absolute atomic E-state index is 12.8. The summed E-state index contributed by atoms with van der Waals surface area (Å²) < 4.78 is 16.8. The molecule has 0 spiro atoms. The Balaban J connectivity index is 4.31. The van der Waals surface area contributed by atoms with Gasteiger partial charge in [-0.25, -0.2) is 0 Å². The first-order valence-corrected chi connectivity index (χ1v) is 33.3. The highest BCUT2D eigenvalue weighted by molar-refractivity contribution is 5.72. The SMILES string of the molecule is CC/C=C\C/C=C\C/C=C\C/C=C\C/C=C\C/C=C\C/C=C\CCCCCCCCCCCCCC(=O)OCC(COC(=O)CCCCCCCCCCCCCCCCC)OC(=O)C/C=C\C/C=C\C/C=C\C/C=C\C/C=C\CC. The molecular weight excluding hydrogens is 997 g/mol. The molecule has 0 bridgehead atoms. The summed E-state index contributed by atoms with van der Waals surface area (Å²) in [5.41, 5.74) is 0. The lowest BCUT2D eigenvalue weighted by molar-refractivity contribution is -0.166. The lowest BCUT2D eigenvalue weighted by Crippen LogP contribution is -2.30. The lowest BCUT2D eigenvalue weighted by Gasteiger charge is -2.18. The third-order valence-electron chi connectivity index (χ3n) is 13.9. The maximum Gasteiger partial charge on any atom is 0.310 e. The molecule has 0 aliphatic rings. The van der Waals surface area contributed by atoms with Gasteiger partial charge in [0, 0.05) is 12.8 Å². The molecule has 0 radical (unpaired) electrons. The van der Waals surface area contributed by atoms with Crippen molar-refractivity contribution in [1.82, 2.24) is 0 Å². The predicted octanol–water partition coefficient (Wildman–Crippen LogP) is 23.1. The summed E-state index contributed by atoms with van der Waals surface area (Å²) in [6.45, 7) is 6.34. The molecule has 0 aromatic carbocycles. The van der Waals surface area contributed by atoms with Crippen molar-refractivity contribution in [2.45, 2.75) is 297 Å². The van der Waals surface area contributed by atoms with Crippen molar-refractivity contribution >= 4 is 17.9 Å². The van der Waals surface area contributed by atoms with E-state index in [1.54, 1.807) is 6.08 Å². The van der Waals surface area contributed by atoms with Gasteiger partial charge >= 0.3 is 17.9 Å². The third kappa shape index (κ3) is 66.0. The molecule has 81 heavy (non-hydrogen) atoms. The maximum atomic E-state index is 12.8. The summed E-state index contributed by atoms with van der Waals surface area (Å²) in [7, 11) is 0. The standard InChI is InChI=1S/C75H122O6/c1-4-7-10-13-16-19-22-25-28-29-30-31-32-33-34-35-36-37-38-39-40-41-42-43-44-45-48-50-53-56-59-62-65-68-74(77)80-71-72(81-75(78)69-66-63-60-57-54-51-47-27-24-21-18-15-12-9-6-3)70-79-73(76)67-64-61-58-55-52-49-46-26-23-20-17-14-11-8-5-2/h7,9-10,12,16,18-19,21,25,27-28,30-31,33-34,36-37,39-40,47,54,57,63,66,72H,4-6,8,11,13-15,17,20,22-24,26,29,32,35,38,41-46,48-53,55-56,58-62,64-65,67-71H2,1-3H3/b10-7-,12-9-,19-16-,21-18-,28-25-,31-30-,34-33-,37-36-,40-39-,47-27-,57-54-,66-63-. The fourth-order valence-corrected chi connectivity index (χ4v) is 8.97. The minimum absolute atomic E-state index is 0.0934. The molecule has 0 aliphatic heterocycles. The van der Waals surface area contributed by atoms with E-state index < -0.39 is 12.1 Å². The highest BCUT2D eigenvalue weighted by atomic mass is 16.6. The highest BCUT2D eigenvalue weighted by Gasteiger charge is 2.19. The van der Waals surface area contributed by atoms with Gasteiger partial charge in [-0.1, -0.05) is 314 Å². The van der Waals surface area contributed by atoms with Gasteiger partial charge in [-0.3, -0.25) is 14.4 Å². The van der Waals surface area contributed by atoms with Gasteiger partial charge in [0.1, 0.15) is 13.2 Å². The van der Waals surface area contributed by atoms with Gasteiger partial charge < -0.3 is 14.2 Å². The van der Waals surface area contributed by atoms with E-state index in [0.717, 1.165) is 116 Å². The second-order valence-electron chi connectivity index (χ2n) is 21.6. The van der Waals surface area contributed by atoms with Crippen LogP contribution in [0.3, 0.4) is 0 Å². The Labute approximate surface area is 499 Å². The number of esters is 3. The summed E-state index contributed by atoms with van der Waals surface area (Å²) in [5.74, 6) is -1.05. The topological polar surface area (TPSA) is 78.9 Å². The quantitative estimate of drug-likeness (QED) is 0.0261. The molecule has 0 heterocycles. The van der Waals surface area contributed by atoms with Crippen molar-refractivity contribution in [3.8, 4) is 0 Å². The Kier molecular flexibility index (Phi) is 63.9. The number of carbonyl (C=O) groups excluding carboxylic acids is 3. The fraction of sp³-hybridized carbons (Fsp3) is 0.640. The third-order valence-corrected chi connectivity index (χ3v) is 13.9. The molecule has 458 valence electrons. The van der Waals surface area contributed by atoms with Crippen molar-refractivity contribution in [3.63, 3.8) is 0 Å². The summed E-state index contributed by atoms with van der Waals surface area (Å²) in [6.07, 6.45) is 97.5. The van der Waals surface area contributed by atoms with Crippen LogP contribution in [-0.2, 0) is 28.6 Å². The van der Waals surface area contributed by atoms with Gasteiger partial charge in [0.2, 0.25) is 0 Å². The minimum Gasteiger partial charge on any atom is -0.462 e. The number of unbranched alkanes of at least 4 members (excludes halogenated alkanes) is 25. The van der Waals surface area contributed by atoms with Crippen LogP contribution in [0.25, 0.3) is 0 Å². The second-order valence-corrected chi connectivity index (χ2v) is 21.6. The fourth-order valence-electron chi connectivity index (χ4n) is 8.97.